The van der Waals surface area contributed by atoms with Gasteiger partial charge in [-0.25, -0.2) is 8.78 Å². The Morgan fingerprint density at radius 2 is 1.80 bits per heavy atom. The minimum absolute atomic E-state index is 0.309. The lowest BCUT2D eigenvalue weighted by molar-refractivity contribution is 0.616. The van der Waals surface area contributed by atoms with Crippen molar-refractivity contribution in [2.45, 2.75) is 26.8 Å². The maximum Gasteiger partial charge on any atom is 0.131 e. The molecule has 0 saturated heterocycles. The molecule has 0 aliphatic heterocycles. The summed E-state index contributed by atoms with van der Waals surface area (Å²) in [6.45, 7) is 5.38. The second-order valence-electron chi connectivity index (χ2n) is 4.90. The molecule has 1 nitrogen and oxygen atoms in total. The Hall–Kier alpha value is -1.74. The SMILES string of the molecule is CCCNCc1ccc(F)c(-c2cccc(F)c2C)c1. The quantitative estimate of drug-likeness (QED) is 0.795. The highest BCUT2D eigenvalue weighted by Gasteiger charge is 2.11. The van der Waals surface area contributed by atoms with Gasteiger partial charge in [-0.3, -0.25) is 0 Å². The van der Waals surface area contributed by atoms with Gasteiger partial charge in [0.15, 0.2) is 0 Å². The highest BCUT2D eigenvalue weighted by atomic mass is 19.1. The molecular formula is C17H19F2N. The van der Waals surface area contributed by atoms with E-state index in [4.69, 9.17) is 0 Å². The Balaban J connectivity index is 2.35. The van der Waals surface area contributed by atoms with Crippen LogP contribution >= 0.6 is 0 Å². The fourth-order valence-electron chi connectivity index (χ4n) is 2.20. The maximum atomic E-state index is 14.0. The van der Waals surface area contributed by atoms with Gasteiger partial charge in [0, 0.05) is 12.1 Å². The second kappa shape index (κ2) is 6.62. The molecule has 3 heteroatoms. The highest BCUT2D eigenvalue weighted by molar-refractivity contribution is 5.68. The zero-order valence-electron chi connectivity index (χ0n) is 11.8. The van der Waals surface area contributed by atoms with E-state index in [0.717, 1.165) is 18.5 Å². The molecule has 0 bridgehead atoms. The van der Waals surface area contributed by atoms with Gasteiger partial charge in [-0.2, -0.15) is 0 Å². The number of nitrogens with one attached hydrogen (secondary N) is 1. The molecule has 0 unspecified atom stereocenters. The van der Waals surface area contributed by atoms with Crippen LogP contribution in [0, 0.1) is 18.6 Å². The molecular weight excluding hydrogens is 256 g/mol. The summed E-state index contributed by atoms with van der Waals surface area (Å²) in [5, 5.41) is 3.28. The molecule has 2 aromatic carbocycles. The monoisotopic (exact) mass is 275 g/mol. The Labute approximate surface area is 118 Å². The summed E-state index contributed by atoms with van der Waals surface area (Å²) in [5.41, 5.74) is 2.54. The molecule has 0 spiro atoms. The van der Waals surface area contributed by atoms with Gasteiger partial charge in [-0.05, 0) is 54.8 Å². The van der Waals surface area contributed by atoms with E-state index >= 15 is 0 Å². The first-order valence-electron chi connectivity index (χ1n) is 6.88. The summed E-state index contributed by atoms with van der Waals surface area (Å²) in [5.74, 6) is -0.630. The van der Waals surface area contributed by atoms with Crippen LogP contribution in [0.4, 0.5) is 8.78 Å². The molecule has 0 heterocycles. The van der Waals surface area contributed by atoms with Gasteiger partial charge in [0.2, 0.25) is 0 Å². The average molecular weight is 275 g/mol. The summed E-state index contributed by atoms with van der Waals surface area (Å²) in [6.07, 6.45) is 1.05. The molecule has 0 fully saturated rings. The summed E-state index contributed by atoms with van der Waals surface area (Å²) < 4.78 is 27.6. The molecule has 0 aliphatic carbocycles. The van der Waals surface area contributed by atoms with Gasteiger partial charge in [0.1, 0.15) is 11.6 Å². The van der Waals surface area contributed by atoms with Crippen molar-refractivity contribution in [2.75, 3.05) is 6.54 Å². The van der Waals surface area contributed by atoms with Gasteiger partial charge in [0.25, 0.3) is 0 Å². The van der Waals surface area contributed by atoms with Gasteiger partial charge >= 0.3 is 0 Å². The minimum atomic E-state index is -0.321. The average Bonchev–Trinajstić information content (AvgIpc) is 2.44. The van der Waals surface area contributed by atoms with Crippen LogP contribution in [0.25, 0.3) is 11.1 Å². The molecule has 0 amide bonds. The Morgan fingerprint density at radius 1 is 1.00 bits per heavy atom. The molecule has 0 aromatic heterocycles. The van der Waals surface area contributed by atoms with E-state index in [2.05, 4.69) is 12.2 Å². The molecule has 1 N–H and O–H groups in total. The fraction of sp³-hybridized carbons (Fsp3) is 0.294. The van der Waals surface area contributed by atoms with E-state index in [1.54, 1.807) is 31.2 Å². The van der Waals surface area contributed by atoms with Crippen molar-refractivity contribution in [2.24, 2.45) is 0 Å². The minimum Gasteiger partial charge on any atom is -0.313 e. The van der Waals surface area contributed by atoms with Crippen molar-refractivity contribution in [1.82, 2.24) is 5.32 Å². The second-order valence-corrected chi connectivity index (χ2v) is 4.90. The van der Waals surface area contributed by atoms with Crippen LogP contribution in [-0.4, -0.2) is 6.54 Å². The number of hydrogen-bond acceptors (Lipinski definition) is 1. The first kappa shape index (κ1) is 14.7. The van der Waals surface area contributed by atoms with E-state index < -0.39 is 0 Å². The lowest BCUT2D eigenvalue weighted by Gasteiger charge is -2.11. The summed E-state index contributed by atoms with van der Waals surface area (Å²) in [7, 11) is 0. The summed E-state index contributed by atoms with van der Waals surface area (Å²) in [4.78, 5) is 0. The number of benzene rings is 2. The first-order valence-corrected chi connectivity index (χ1v) is 6.88. The molecule has 2 aromatic rings. The third-order valence-electron chi connectivity index (χ3n) is 3.34. The molecule has 0 radical (unpaired) electrons. The van der Waals surface area contributed by atoms with Crippen LogP contribution in [0.5, 0.6) is 0 Å². The Bertz CT molecular complexity index is 594. The van der Waals surface area contributed by atoms with Crippen molar-refractivity contribution >= 4 is 0 Å². The van der Waals surface area contributed by atoms with Crippen LogP contribution in [0.15, 0.2) is 36.4 Å². The topological polar surface area (TPSA) is 12.0 Å². The van der Waals surface area contributed by atoms with Crippen molar-refractivity contribution in [3.05, 3.63) is 59.2 Å². The first-order chi connectivity index (χ1) is 9.63. The van der Waals surface area contributed by atoms with Gasteiger partial charge in [-0.1, -0.05) is 25.1 Å². The molecule has 0 saturated carbocycles. The standard InChI is InChI=1S/C17H19F2N/c1-3-9-20-11-13-7-8-17(19)15(10-13)14-5-4-6-16(18)12(14)2/h4-8,10,20H,3,9,11H2,1-2H3. The van der Waals surface area contributed by atoms with Gasteiger partial charge in [0.05, 0.1) is 0 Å². The smallest absolute Gasteiger partial charge is 0.131 e. The van der Waals surface area contributed by atoms with Crippen LogP contribution in [0.2, 0.25) is 0 Å². The number of hydrogen-bond donors (Lipinski definition) is 1. The predicted molar refractivity (Wildman–Crippen MR) is 78.5 cm³/mol. The number of halogens is 2. The zero-order chi connectivity index (χ0) is 14.5. The van der Waals surface area contributed by atoms with E-state index in [1.807, 2.05) is 0 Å². The molecule has 2 rings (SSSR count). The van der Waals surface area contributed by atoms with E-state index in [1.165, 1.54) is 12.1 Å². The lowest BCUT2D eigenvalue weighted by atomic mass is 9.98. The van der Waals surface area contributed by atoms with Crippen LogP contribution < -0.4 is 5.32 Å². The van der Waals surface area contributed by atoms with Crippen molar-refractivity contribution in [1.29, 1.82) is 0 Å². The Kier molecular flexibility index (Phi) is 4.85. The van der Waals surface area contributed by atoms with Crippen molar-refractivity contribution in [3.63, 3.8) is 0 Å². The van der Waals surface area contributed by atoms with Crippen LogP contribution in [0.3, 0.4) is 0 Å². The van der Waals surface area contributed by atoms with Gasteiger partial charge < -0.3 is 5.32 Å². The van der Waals surface area contributed by atoms with E-state index in [0.29, 0.717) is 23.2 Å². The van der Waals surface area contributed by atoms with E-state index in [-0.39, 0.29) is 11.6 Å². The highest BCUT2D eigenvalue weighted by Crippen LogP contribution is 2.28. The largest absolute Gasteiger partial charge is 0.313 e. The molecule has 0 aliphatic rings. The van der Waals surface area contributed by atoms with Crippen LogP contribution in [0.1, 0.15) is 24.5 Å². The Morgan fingerprint density at radius 3 is 2.55 bits per heavy atom. The summed E-state index contributed by atoms with van der Waals surface area (Å²) >= 11 is 0. The molecule has 106 valence electrons. The normalized spacial score (nSPS) is 10.8. The molecule has 0 atom stereocenters. The lowest BCUT2D eigenvalue weighted by Crippen LogP contribution is -2.13. The molecule has 20 heavy (non-hydrogen) atoms. The predicted octanol–water partition coefficient (Wildman–Crippen LogP) is 4.44. The van der Waals surface area contributed by atoms with Gasteiger partial charge in [-0.15, -0.1) is 0 Å². The van der Waals surface area contributed by atoms with E-state index in [9.17, 15) is 8.78 Å². The zero-order valence-corrected chi connectivity index (χ0v) is 11.8. The van der Waals surface area contributed by atoms with Crippen molar-refractivity contribution < 1.29 is 8.78 Å². The van der Waals surface area contributed by atoms with Crippen LogP contribution in [-0.2, 0) is 6.54 Å². The third kappa shape index (κ3) is 3.23. The number of rotatable bonds is 5. The summed E-state index contributed by atoms with van der Waals surface area (Å²) in [6, 6.07) is 9.75. The fourth-order valence-corrected chi connectivity index (χ4v) is 2.20. The van der Waals surface area contributed by atoms with Crippen molar-refractivity contribution in [3.8, 4) is 11.1 Å². The third-order valence-corrected chi connectivity index (χ3v) is 3.34. The maximum absolute atomic E-state index is 14.0.